The molecule has 5 nitrogen and oxygen atoms in total. The quantitative estimate of drug-likeness (QED) is 0.824. The van der Waals surface area contributed by atoms with Crippen molar-refractivity contribution in [3.05, 3.63) is 30.2 Å². The lowest BCUT2D eigenvalue weighted by atomic mass is 10.2. The van der Waals surface area contributed by atoms with E-state index in [9.17, 15) is 4.79 Å². The van der Waals surface area contributed by atoms with Gasteiger partial charge in [-0.2, -0.15) is 5.26 Å². The number of nitrogens with zero attached hydrogens (tertiary/aromatic N) is 3. The molecule has 1 heterocycles. The van der Waals surface area contributed by atoms with Crippen LogP contribution in [0.3, 0.4) is 0 Å². The number of hydrogen-bond acceptors (Lipinski definition) is 4. The fraction of sp³-hybridized carbons (Fsp3) is 0.308. The van der Waals surface area contributed by atoms with Gasteiger partial charge in [-0.25, -0.2) is 4.98 Å². The molecule has 1 aromatic carbocycles. The van der Waals surface area contributed by atoms with E-state index in [2.05, 4.69) is 4.98 Å². The van der Waals surface area contributed by atoms with E-state index in [0.717, 1.165) is 11.1 Å². The summed E-state index contributed by atoms with van der Waals surface area (Å²) in [4.78, 5) is 17.3. The maximum atomic E-state index is 11.7. The first kappa shape index (κ1) is 12.1. The van der Waals surface area contributed by atoms with Crippen molar-refractivity contribution >= 4 is 17.0 Å². The highest BCUT2D eigenvalue weighted by Crippen LogP contribution is 2.15. The molecule has 0 saturated carbocycles. The summed E-state index contributed by atoms with van der Waals surface area (Å²) < 4.78 is 5.21. The van der Waals surface area contributed by atoms with Gasteiger partial charge in [0.25, 0.3) is 0 Å². The molecule has 0 saturated heterocycles. The molecule has 0 spiro atoms. The molecule has 2 rings (SSSR count). The second-order valence-corrected chi connectivity index (χ2v) is 4.06. The number of aromatic nitrogens is 1. The van der Waals surface area contributed by atoms with Gasteiger partial charge < -0.3 is 9.32 Å². The molecule has 0 atom stereocenters. The van der Waals surface area contributed by atoms with E-state index in [4.69, 9.17) is 9.68 Å². The Kier molecular flexibility index (Phi) is 3.58. The van der Waals surface area contributed by atoms with Crippen LogP contribution in [0.2, 0.25) is 0 Å². The lowest BCUT2D eigenvalue weighted by Gasteiger charge is -2.16. The summed E-state index contributed by atoms with van der Waals surface area (Å²) in [5.74, 6) is -0.0331. The first-order valence-corrected chi connectivity index (χ1v) is 5.64. The number of rotatable bonds is 4. The fourth-order valence-corrected chi connectivity index (χ4v) is 1.71. The summed E-state index contributed by atoms with van der Waals surface area (Å²) >= 11 is 0. The average molecular weight is 243 g/mol. The third-order valence-electron chi connectivity index (χ3n) is 2.69. The molecule has 0 aliphatic rings. The van der Waals surface area contributed by atoms with Gasteiger partial charge in [-0.05, 0) is 17.7 Å². The lowest BCUT2D eigenvalue weighted by Crippen LogP contribution is -2.25. The highest BCUT2D eigenvalue weighted by Gasteiger charge is 2.09. The summed E-state index contributed by atoms with van der Waals surface area (Å²) in [6, 6.07) is 7.62. The number of nitriles is 1. The molecule has 0 aliphatic carbocycles. The van der Waals surface area contributed by atoms with Gasteiger partial charge in [-0.15, -0.1) is 0 Å². The molecule has 1 aromatic heterocycles. The van der Waals surface area contributed by atoms with Crippen LogP contribution in [0, 0.1) is 11.3 Å². The second-order valence-electron chi connectivity index (χ2n) is 4.06. The zero-order valence-corrected chi connectivity index (χ0v) is 10.1. The van der Waals surface area contributed by atoms with Crippen molar-refractivity contribution in [2.24, 2.45) is 0 Å². The number of benzene rings is 1. The highest BCUT2D eigenvalue weighted by molar-refractivity contribution is 5.76. The predicted molar refractivity (Wildman–Crippen MR) is 65.3 cm³/mol. The zero-order chi connectivity index (χ0) is 13.0. The molecule has 92 valence electrons. The van der Waals surface area contributed by atoms with Gasteiger partial charge in [0.1, 0.15) is 5.52 Å². The van der Waals surface area contributed by atoms with Gasteiger partial charge in [0, 0.05) is 26.4 Å². The SMILES string of the molecule is CN(Cc1ccc2ncoc2c1)C(=O)CCC#N. The van der Waals surface area contributed by atoms with Crippen LogP contribution >= 0.6 is 0 Å². The van der Waals surface area contributed by atoms with Gasteiger partial charge in [0.05, 0.1) is 6.07 Å². The molecule has 0 unspecified atom stereocenters. The van der Waals surface area contributed by atoms with Crippen molar-refractivity contribution in [2.45, 2.75) is 19.4 Å². The first-order valence-electron chi connectivity index (χ1n) is 5.64. The van der Waals surface area contributed by atoms with Crippen LogP contribution in [0.1, 0.15) is 18.4 Å². The number of carbonyl (C=O) groups excluding carboxylic acids is 1. The largest absolute Gasteiger partial charge is 0.443 e. The number of fused-ring (bicyclic) bond motifs is 1. The van der Waals surface area contributed by atoms with Gasteiger partial charge in [0.15, 0.2) is 12.0 Å². The maximum Gasteiger partial charge on any atom is 0.223 e. The molecule has 0 aliphatic heterocycles. The Morgan fingerprint density at radius 1 is 1.56 bits per heavy atom. The number of amides is 1. The van der Waals surface area contributed by atoms with E-state index < -0.39 is 0 Å². The molecular weight excluding hydrogens is 230 g/mol. The molecule has 1 amide bonds. The monoisotopic (exact) mass is 243 g/mol. The van der Waals surface area contributed by atoms with E-state index in [1.54, 1.807) is 11.9 Å². The lowest BCUT2D eigenvalue weighted by molar-refractivity contribution is -0.130. The molecule has 5 heteroatoms. The Morgan fingerprint density at radius 3 is 3.17 bits per heavy atom. The summed E-state index contributed by atoms with van der Waals surface area (Å²) in [7, 11) is 1.73. The van der Waals surface area contributed by atoms with Crippen LogP contribution in [-0.2, 0) is 11.3 Å². The van der Waals surface area contributed by atoms with Crippen molar-refractivity contribution < 1.29 is 9.21 Å². The average Bonchev–Trinajstić information content (AvgIpc) is 2.83. The minimum absolute atomic E-state index is 0.0331. The van der Waals surface area contributed by atoms with Crippen LogP contribution in [-0.4, -0.2) is 22.8 Å². The van der Waals surface area contributed by atoms with Crippen LogP contribution in [0.15, 0.2) is 29.0 Å². The fourth-order valence-electron chi connectivity index (χ4n) is 1.71. The van der Waals surface area contributed by atoms with E-state index >= 15 is 0 Å². The Balaban J connectivity index is 2.04. The molecule has 18 heavy (non-hydrogen) atoms. The number of hydrogen-bond donors (Lipinski definition) is 0. The Bertz CT molecular complexity index is 598. The molecule has 2 aromatic rings. The molecular formula is C13H13N3O2. The Hall–Kier alpha value is -2.35. The zero-order valence-electron chi connectivity index (χ0n) is 10.1. The van der Waals surface area contributed by atoms with Crippen LogP contribution in [0.4, 0.5) is 0 Å². The first-order chi connectivity index (χ1) is 8.70. The summed E-state index contributed by atoms with van der Waals surface area (Å²) in [5.41, 5.74) is 2.50. The topological polar surface area (TPSA) is 70.1 Å². The van der Waals surface area contributed by atoms with Crippen molar-refractivity contribution in [1.29, 1.82) is 5.26 Å². The smallest absolute Gasteiger partial charge is 0.223 e. The third kappa shape index (κ3) is 2.66. The van der Waals surface area contributed by atoms with Gasteiger partial charge in [-0.3, -0.25) is 4.79 Å². The van der Waals surface area contributed by atoms with E-state index in [0.29, 0.717) is 12.1 Å². The normalized spacial score (nSPS) is 10.2. The third-order valence-corrected chi connectivity index (χ3v) is 2.69. The molecule has 0 N–H and O–H groups in total. The predicted octanol–water partition coefficient (Wildman–Crippen LogP) is 2.09. The number of carbonyl (C=O) groups is 1. The number of oxazole rings is 1. The van der Waals surface area contributed by atoms with Gasteiger partial charge in [0.2, 0.25) is 5.91 Å². The van der Waals surface area contributed by atoms with Crippen molar-refractivity contribution in [3.8, 4) is 6.07 Å². The van der Waals surface area contributed by atoms with Crippen LogP contribution < -0.4 is 0 Å². The van der Waals surface area contributed by atoms with E-state index in [-0.39, 0.29) is 18.7 Å². The molecule has 0 fully saturated rings. The Morgan fingerprint density at radius 2 is 2.39 bits per heavy atom. The van der Waals surface area contributed by atoms with E-state index in [1.165, 1.54) is 6.39 Å². The minimum Gasteiger partial charge on any atom is -0.443 e. The standard InChI is InChI=1S/C13H13N3O2/c1-16(13(17)3-2-6-14)8-10-4-5-11-12(7-10)18-9-15-11/h4-5,7,9H,2-3,8H2,1H3. The second kappa shape index (κ2) is 5.32. The maximum absolute atomic E-state index is 11.7. The van der Waals surface area contributed by atoms with Crippen molar-refractivity contribution in [2.75, 3.05) is 7.05 Å². The van der Waals surface area contributed by atoms with Crippen LogP contribution in [0.25, 0.3) is 11.1 Å². The molecule has 0 radical (unpaired) electrons. The van der Waals surface area contributed by atoms with Gasteiger partial charge >= 0.3 is 0 Å². The van der Waals surface area contributed by atoms with Crippen molar-refractivity contribution in [1.82, 2.24) is 9.88 Å². The van der Waals surface area contributed by atoms with Gasteiger partial charge in [-0.1, -0.05) is 6.07 Å². The highest BCUT2D eigenvalue weighted by atomic mass is 16.3. The van der Waals surface area contributed by atoms with E-state index in [1.807, 2.05) is 24.3 Å². The molecule has 0 bridgehead atoms. The van der Waals surface area contributed by atoms with Crippen LogP contribution in [0.5, 0.6) is 0 Å². The Labute approximate surface area is 105 Å². The summed E-state index contributed by atoms with van der Waals surface area (Å²) in [6.07, 6.45) is 1.91. The minimum atomic E-state index is -0.0331. The summed E-state index contributed by atoms with van der Waals surface area (Å²) in [5, 5.41) is 8.44. The summed E-state index contributed by atoms with van der Waals surface area (Å²) in [6.45, 7) is 0.501. The van der Waals surface area contributed by atoms with Crippen molar-refractivity contribution in [3.63, 3.8) is 0 Å².